The Kier molecular flexibility index (Phi) is 7.59. The zero-order valence-corrected chi connectivity index (χ0v) is 13.5. The predicted molar refractivity (Wildman–Crippen MR) is 80.8 cm³/mol. The number of nitrogens with one attached hydrogen (secondary N) is 1. The van der Waals surface area contributed by atoms with Crippen molar-refractivity contribution in [3.8, 4) is 0 Å². The van der Waals surface area contributed by atoms with Gasteiger partial charge in [0.05, 0.1) is 22.4 Å². The molecule has 0 aliphatic heterocycles. The van der Waals surface area contributed by atoms with Gasteiger partial charge in [-0.05, 0) is 41.7 Å². The summed E-state index contributed by atoms with van der Waals surface area (Å²) in [6.07, 6.45) is 7.90. The molecule has 0 fully saturated rings. The van der Waals surface area contributed by atoms with E-state index >= 15 is 0 Å². The number of nitrogens with zero attached hydrogens (tertiary/aromatic N) is 2. The van der Waals surface area contributed by atoms with E-state index in [9.17, 15) is 0 Å². The molecule has 0 aliphatic rings. The van der Waals surface area contributed by atoms with Crippen molar-refractivity contribution < 1.29 is 0 Å². The van der Waals surface area contributed by atoms with Crippen LogP contribution in [0, 0.1) is 0 Å². The van der Waals surface area contributed by atoms with Crippen molar-refractivity contribution in [3.63, 3.8) is 0 Å². The van der Waals surface area contributed by atoms with Gasteiger partial charge in [-0.2, -0.15) is 5.10 Å². The minimum Gasteiger partial charge on any atom is -0.309 e. The lowest BCUT2D eigenvalue weighted by Gasteiger charge is -2.20. The van der Waals surface area contributed by atoms with Crippen molar-refractivity contribution in [2.45, 2.75) is 65.5 Å². The highest BCUT2D eigenvalue weighted by atomic mass is 79.9. The topological polar surface area (TPSA) is 29.9 Å². The number of halogens is 1. The van der Waals surface area contributed by atoms with Crippen molar-refractivity contribution in [1.82, 2.24) is 15.1 Å². The van der Waals surface area contributed by atoms with Gasteiger partial charge in [-0.3, -0.25) is 4.68 Å². The van der Waals surface area contributed by atoms with E-state index in [0.29, 0.717) is 6.04 Å². The maximum Gasteiger partial charge on any atom is 0.0695 e. The number of rotatable bonds is 9. The van der Waals surface area contributed by atoms with Crippen LogP contribution in [0.25, 0.3) is 0 Å². The average molecular weight is 316 g/mol. The van der Waals surface area contributed by atoms with Crippen molar-refractivity contribution in [2.24, 2.45) is 0 Å². The van der Waals surface area contributed by atoms with E-state index in [1.54, 1.807) is 0 Å². The maximum atomic E-state index is 4.47. The summed E-state index contributed by atoms with van der Waals surface area (Å²) in [6.45, 7) is 8.72. The fourth-order valence-corrected chi connectivity index (χ4v) is 2.74. The number of hydrogen-bond donors (Lipinski definition) is 1. The van der Waals surface area contributed by atoms with Gasteiger partial charge in [0.25, 0.3) is 0 Å². The zero-order chi connectivity index (χ0) is 13.4. The summed E-state index contributed by atoms with van der Waals surface area (Å²) >= 11 is 3.65. The molecule has 104 valence electrons. The molecule has 1 aromatic rings. The number of aryl methyl sites for hydroxylation is 1. The monoisotopic (exact) mass is 315 g/mol. The molecule has 18 heavy (non-hydrogen) atoms. The van der Waals surface area contributed by atoms with E-state index in [4.69, 9.17) is 0 Å². The Hall–Kier alpha value is -0.350. The van der Waals surface area contributed by atoms with Crippen LogP contribution in [0.15, 0.2) is 10.7 Å². The molecule has 0 aromatic carbocycles. The van der Waals surface area contributed by atoms with E-state index in [2.05, 4.69) is 51.8 Å². The number of aromatic nitrogens is 2. The Morgan fingerprint density at radius 3 is 2.67 bits per heavy atom. The molecule has 1 rings (SSSR count). The lowest BCUT2D eigenvalue weighted by molar-refractivity contribution is 0.436. The van der Waals surface area contributed by atoms with Crippen LogP contribution in [0.4, 0.5) is 0 Å². The summed E-state index contributed by atoms with van der Waals surface area (Å²) in [6, 6.07) is 0.424. The molecule has 4 heteroatoms. The Balaban J connectivity index is 2.83. The quantitative estimate of drug-likeness (QED) is 0.736. The summed E-state index contributed by atoms with van der Waals surface area (Å²) in [5.74, 6) is 0. The van der Waals surface area contributed by atoms with E-state index in [1.165, 1.54) is 31.4 Å². The minimum absolute atomic E-state index is 0.424. The first kappa shape index (κ1) is 15.7. The Bertz CT molecular complexity index is 328. The van der Waals surface area contributed by atoms with Crippen molar-refractivity contribution in [3.05, 3.63) is 16.4 Å². The summed E-state index contributed by atoms with van der Waals surface area (Å²) in [7, 11) is 0. The molecule has 1 N–H and O–H groups in total. The van der Waals surface area contributed by atoms with Crippen LogP contribution in [-0.2, 0) is 6.54 Å². The highest BCUT2D eigenvalue weighted by Crippen LogP contribution is 2.27. The van der Waals surface area contributed by atoms with E-state index in [-0.39, 0.29) is 0 Å². The molecule has 1 heterocycles. The van der Waals surface area contributed by atoms with E-state index in [0.717, 1.165) is 24.0 Å². The first-order valence-electron chi connectivity index (χ1n) is 7.19. The molecule has 0 aliphatic carbocycles. The fraction of sp³-hybridized carbons (Fsp3) is 0.786. The van der Waals surface area contributed by atoms with Gasteiger partial charge < -0.3 is 5.32 Å². The molecule has 0 amide bonds. The lowest BCUT2D eigenvalue weighted by atomic mass is 10.1. The van der Waals surface area contributed by atoms with Crippen LogP contribution >= 0.6 is 15.9 Å². The summed E-state index contributed by atoms with van der Waals surface area (Å²) < 4.78 is 3.29. The Labute approximate surface area is 119 Å². The van der Waals surface area contributed by atoms with Gasteiger partial charge in [0, 0.05) is 6.54 Å². The Morgan fingerprint density at radius 1 is 1.28 bits per heavy atom. The van der Waals surface area contributed by atoms with Crippen LogP contribution in [0.2, 0.25) is 0 Å². The van der Waals surface area contributed by atoms with Crippen LogP contribution in [0.1, 0.15) is 64.6 Å². The molecule has 1 unspecified atom stereocenters. The molecule has 0 saturated carbocycles. The van der Waals surface area contributed by atoms with Gasteiger partial charge in [-0.25, -0.2) is 0 Å². The molecular formula is C14H26BrN3. The second-order valence-corrected chi connectivity index (χ2v) is 5.60. The van der Waals surface area contributed by atoms with Crippen LogP contribution in [-0.4, -0.2) is 16.3 Å². The summed E-state index contributed by atoms with van der Waals surface area (Å²) in [4.78, 5) is 0. The standard InChI is InChI=1S/C14H26BrN3/c1-4-7-8-13(16-9-5-2)14-12(15)11-17-18(14)10-6-3/h11,13,16H,4-10H2,1-3H3. The van der Waals surface area contributed by atoms with Gasteiger partial charge in [-0.15, -0.1) is 0 Å². The first-order valence-corrected chi connectivity index (χ1v) is 7.98. The van der Waals surface area contributed by atoms with Gasteiger partial charge in [0.15, 0.2) is 0 Å². The minimum atomic E-state index is 0.424. The molecule has 0 saturated heterocycles. The second-order valence-electron chi connectivity index (χ2n) is 4.75. The Morgan fingerprint density at radius 2 is 2.06 bits per heavy atom. The molecule has 0 bridgehead atoms. The first-order chi connectivity index (χ1) is 8.74. The predicted octanol–water partition coefficient (Wildman–Crippen LogP) is 4.29. The molecule has 3 nitrogen and oxygen atoms in total. The third kappa shape index (κ3) is 4.39. The number of hydrogen-bond acceptors (Lipinski definition) is 2. The van der Waals surface area contributed by atoms with E-state index < -0.39 is 0 Å². The van der Waals surface area contributed by atoms with Crippen molar-refractivity contribution >= 4 is 15.9 Å². The van der Waals surface area contributed by atoms with E-state index in [1.807, 2.05) is 6.20 Å². The largest absolute Gasteiger partial charge is 0.309 e. The highest BCUT2D eigenvalue weighted by molar-refractivity contribution is 9.10. The van der Waals surface area contributed by atoms with Gasteiger partial charge in [-0.1, -0.05) is 33.6 Å². The maximum absolute atomic E-state index is 4.47. The molecule has 1 atom stereocenters. The van der Waals surface area contributed by atoms with Gasteiger partial charge in [0.1, 0.15) is 0 Å². The average Bonchev–Trinajstić information content (AvgIpc) is 2.72. The van der Waals surface area contributed by atoms with Gasteiger partial charge >= 0.3 is 0 Å². The molecule has 0 spiro atoms. The van der Waals surface area contributed by atoms with Crippen molar-refractivity contribution in [1.29, 1.82) is 0 Å². The van der Waals surface area contributed by atoms with Crippen molar-refractivity contribution in [2.75, 3.05) is 6.54 Å². The normalized spacial score (nSPS) is 12.9. The van der Waals surface area contributed by atoms with Crippen LogP contribution in [0.3, 0.4) is 0 Å². The van der Waals surface area contributed by atoms with Crippen LogP contribution < -0.4 is 5.32 Å². The zero-order valence-electron chi connectivity index (χ0n) is 11.9. The molecule has 0 radical (unpaired) electrons. The fourth-order valence-electron chi connectivity index (χ4n) is 2.17. The highest BCUT2D eigenvalue weighted by Gasteiger charge is 2.18. The third-order valence-electron chi connectivity index (χ3n) is 3.09. The smallest absolute Gasteiger partial charge is 0.0695 e. The van der Waals surface area contributed by atoms with Crippen LogP contribution in [0.5, 0.6) is 0 Å². The molecule has 1 aromatic heterocycles. The van der Waals surface area contributed by atoms with Gasteiger partial charge in [0.2, 0.25) is 0 Å². The summed E-state index contributed by atoms with van der Waals surface area (Å²) in [5.41, 5.74) is 1.32. The lowest BCUT2D eigenvalue weighted by Crippen LogP contribution is -2.25. The molecular weight excluding hydrogens is 290 g/mol. The summed E-state index contributed by atoms with van der Waals surface area (Å²) in [5, 5.41) is 8.13. The third-order valence-corrected chi connectivity index (χ3v) is 3.70. The SMILES string of the molecule is CCCCC(NCCC)c1c(Br)cnn1CCC. The number of unbranched alkanes of at least 4 members (excludes halogenated alkanes) is 1. The second kappa shape index (κ2) is 8.70.